The predicted octanol–water partition coefficient (Wildman–Crippen LogP) is 1.79. The fraction of sp³-hybridized carbons (Fsp3) is 0.846. The van der Waals surface area contributed by atoms with E-state index in [2.05, 4.69) is 22.3 Å². The van der Waals surface area contributed by atoms with Crippen LogP contribution in [-0.2, 0) is 0 Å². The lowest BCUT2D eigenvalue weighted by Gasteiger charge is -2.11. The van der Waals surface area contributed by atoms with E-state index in [9.17, 15) is 0 Å². The fourth-order valence-corrected chi connectivity index (χ4v) is 1.85. The minimum absolute atomic E-state index is 0.0785. The number of unbranched alkanes of at least 4 members (excludes halogenated alkanes) is 6. The molecule has 0 bridgehead atoms. The van der Waals surface area contributed by atoms with Gasteiger partial charge in [0.05, 0.1) is 6.34 Å². The number of hydrogen-bond acceptors (Lipinski definition) is 2. The van der Waals surface area contributed by atoms with Crippen molar-refractivity contribution < 1.29 is 0 Å². The standard InChI is InChI=1S/C13H29N5/c1-16-12-18(2)11-9-7-5-3-4-6-8-10-17-13(14)15/h12H,3-11H2,1-2H3,(H4,14,15,17). The molecule has 5 heteroatoms. The van der Waals surface area contributed by atoms with Crippen LogP contribution in [0.25, 0.3) is 0 Å². The molecule has 5 nitrogen and oxygen atoms in total. The maximum Gasteiger partial charge on any atom is 0.185 e. The third-order valence-corrected chi connectivity index (χ3v) is 2.82. The highest BCUT2D eigenvalue weighted by molar-refractivity contribution is 5.74. The molecule has 4 N–H and O–H groups in total. The predicted molar refractivity (Wildman–Crippen MR) is 79.3 cm³/mol. The minimum atomic E-state index is 0.0785. The van der Waals surface area contributed by atoms with E-state index < -0.39 is 0 Å². The molecule has 0 saturated heterocycles. The average Bonchev–Trinajstić information content (AvgIpc) is 2.31. The summed E-state index contributed by atoms with van der Waals surface area (Å²) in [5, 5.41) is 9.83. The van der Waals surface area contributed by atoms with Crippen molar-refractivity contribution in [2.75, 3.05) is 27.2 Å². The molecule has 0 aromatic carbocycles. The van der Waals surface area contributed by atoms with E-state index in [1.165, 1.54) is 38.5 Å². The molecule has 0 aromatic heterocycles. The van der Waals surface area contributed by atoms with Crippen LogP contribution >= 0.6 is 0 Å². The van der Waals surface area contributed by atoms with Crippen LogP contribution < -0.4 is 11.1 Å². The van der Waals surface area contributed by atoms with Crippen molar-refractivity contribution in [3.05, 3.63) is 0 Å². The summed E-state index contributed by atoms with van der Waals surface area (Å²) in [6.07, 6.45) is 10.7. The first-order valence-corrected chi connectivity index (χ1v) is 6.87. The Morgan fingerprint density at radius 3 is 2.28 bits per heavy atom. The second-order valence-corrected chi connectivity index (χ2v) is 4.67. The molecule has 0 aliphatic carbocycles. The number of rotatable bonds is 11. The highest BCUT2D eigenvalue weighted by Crippen LogP contribution is 2.07. The quantitative estimate of drug-likeness (QED) is 0.299. The Labute approximate surface area is 111 Å². The highest BCUT2D eigenvalue weighted by atomic mass is 15.1. The minimum Gasteiger partial charge on any atom is -0.370 e. The molecule has 0 spiro atoms. The van der Waals surface area contributed by atoms with Crippen LogP contribution in [0.4, 0.5) is 0 Å². The van der Waals surface area contributed by atoms with E-state index in [4.69, 9.17) is 11.1 Å². The Bertz CT molecular complexity index is 227. The monoisotopic (exact) mass is 255 g/mol. The van der Waals surface area contributed by atoms with Gasteiger partial charge in [0.1, 0.15) is 0 Å². The Morgan fingerprint density at radius 2 is 1.72 bits per heavy atom. The first-order valence-electron chi connectivity index (χ1n) is 6.87. The Kier molecular flexibility index (Phi) is 11.3. The van der Waals surface area contributed by atoms with Crippen molar-refractivity contribution in [2.45, 2.75) is 44.9 Å². The van der Waals surface area contributed by atoms with Gasteiger partial charge in [0.25, 0.3) is 0 Å². The molecule has 0 heterocycles. The van der Waals surface area contributed by atoms with Gasteiger partial charge in [-0.3, -0.25) is 10.4 Å². The van der Waals surface area contributed by atoms with Crippen LogP contribution in [0.15, 0.2) is 4.99 Å². The first-order chi connectivity index (χ1) is 8.66. The zero-order chi connectivity index (χ0) is 13.6. The zero-order valence-corrected chi connectivity index (χ0v) is 11.9. The lowest BCUT2D eigenvalue weighted by atomic mass is 10.1. The second kappa shape index (κ2) is 12.2. The zero-order valence-electron chi connectivity index (χ0n) is 11.9. The molecule has 106 valence electrons. The summed E-state index contributed by atoms with van der Waals surface area (Å²) in [5.41, 5.74) is 5.19. The number of nitrogens with one attached hydrogen (secondary N) is 2. The normalized spacial score (nSPS) is 10.8. The van der Waals surface area contributed by atoms with E-state index in [1.54, 1.807) is 7.05 Å². The summed E-state index contributed by atoms with van der Waals surface area (Å²) in [4.78, 5) is 6.11. The summed E-state index contributed by atoms with van der Waals surface area (Å²) in [7, 11) is 3.87. The molecule has 0 rings (SSSR count). The number of aliphatic imine (C=N–C) groups is 1. The van der Waals surface area contributed by atoms with E-state index >= 15 is 0 Å². The molecule has 0 unspecified atom stereocenters. The number of guanidine groups is 1. The van der Waals surface area contributed by atoms with Crippen LogP contribution in [0.2, 0.25) is 0 Å². The van der Waals surface area contributed by atoms with Gasteiger partial charge in [-0.1, -0.05) is 32.1 Å². The van der Waals surface area contributed by atoms with Crippen molar-refractivity contribution in [1.82, 2.24) is 10.2 Å². The van der Waals surface area contributed by atoms with Crippen molar-refractivity contribution >= 4 is 12.3 Å². The van der Waals surface area contributed by atoms with Crippen LogP contribution in [0.5, 0.6) is 0 Å². The number of hydrogen-bond donors (Lipinski definition) is 3. The van der Waals surface area contributed by atoms with Gasteiger partial charge in [0.15, 0.2) is 5.96 Å². The smallest absolute Gasteiger partial charge is 0.185 e. The van der Waals surface area contributed by atoms with Gasteiger partial charge in [0, 0.05) is 27.2 Å². The molecule has 0 atom stereocenters. The van der Waals surface area contributed by atoms with Crippen molar-refractivity contribution in [2.24, 2.45) is 10.7 Å². The van der Waals surface area contributed by atoms with Crippen molar-refractivity contribution in [3.8, 4) is 0 Å². The van der Waals surface area contributed by atoms with E-state index in [0.29, 0.717) is 0 Å². The summed E-state index contributed by atoms with van der Waals surface area (Å²) < 4.78 is 0. The molecule has 18 heavy (non-hydrogen) atoms. The van der Waals surface area contributed by atoms with Crippen molar-refractivity contribution in [1.29, 1.82) is 5.41 Å². The van der Waals surface area contributed by atoms with Gasteiger partial charge < -0.3 is 16.0 Å². The van der Waals surface area contributed by atoms with Gasteiger partial charge in [0.2, 0.25) is 0 Å². The molecule has 0 amide bonds. The van der Waals surface area contributed by atoms with E-state index in [1.807, 2.05) is 6.34 Å². The Morgan fingerprint density at radius 1 is 1.17 bits per heavy atom. The van der Waals surface area contributed by atoms with Gasteiger partial charge >= 0.3 is 0 Å². The summed E-state index contributed by atoms with van der Waals surface area (Å²) in [5.74, 6) is 0.0785. The lowest BCUT2D eigenvalue weighted by molar-refractivity contribution is 0.474. The molecule has 0 aromatic rings. The fourth-order valence-electron chi connectivity index (χ4n) is 1.85. The topological polar surface area (TPSA) is 77.5 Å². The second-order valence-electron chi connectivity index (χ2n) is 4.67. The van der Waals surface area contributed by atoms with Gasteiger partial charge in [-0.15, -0.1) is 0 Å². The Hall–Kier alpha value is -1.26. The number of nitrogens with zero attached hydrogens (tertiary/aromatic N) is 2. The van der Waals surface area contributed by atoms with Crippen LogP contribution in [-0.4, -0.2) is 44.4 Å². The van der Waals surface area contributed by atoms with Gasteiger partial charge in [-0.2, -0.15) is 0 Å². The summed E-state index contributed by atoms with van der Waals surface area (Å²) in [6.45, 7) is 1.93. The van der Waals surface area contributed by atoms with Crippen LogP contribution in [0, 0.1) is 5.41 Å². The van der Waals surface area contributed by atoms with Gasteiger partial charge in [-0.25, -0.2) is 0 Å². The SMILES string of the molecule is CN=CN(C)CCCCCCCCCNC(=N)N. The van der Waals surface area contributed by atoms with Crippen LogP contribution in [0.1, 0.15) is 44.9 Å². The molecule has 0 saturated carbocycles. The van der Waals surface area contributed by atoms with E-state index in [0.717, 1.165) is 19.5 Å². The molecule has 0 fully saturated rings. The molecule has 0 aliphatic heterocycles. The van der Waals surface area contributed by atoms with Gasteiger partial charge in [-0.05, 0) is 12.8 Å². The maximum atomic E-state index is 7.00. The molecular weight excluding hydrogens is 226 g/mol. The van der Waals surface area contributed by atoms with E-state index in [-0.39, 0.29) is 5.96 Å². The molecule has 0 radical (unpaired) electrons. The molecular formula is C13H29N5. The lowest BCUT2D eigenvalue weighted by Crippen LogP contribution is -2.30. The largest absolute Gasteiger partial charge is 0.370 e. The third-order valence-electron chi connectivity index (χ3n) is 2.82. The summed E-state index contributed by atoms with van der Waals surface area (Å²) in [6, 6.07) is 0. The van der Waals surface area contributed by atoms with Crippen molar-refractivity contribution in [3.63, 3.8) is 0 Å². The average molecular weight is 255 g/mol. The Balaban J connectivity index is 3.09. The highest BCUT2D eigenvalue weighted by Gasteiger charge is 1.94. The third kappa shape index (κ3) is 12.8. The van der Waals surface area contributed by atoms with Crippen LogP contribution in [0.3, 0.4) is 0 Å². The maximum absolute atomic E-state index is 7.00. The summed E-state index contributed by atoms with van der Waals surface area (Å²) >= 11 is 0. The number of nitrogens with two attached hydrogens (primary N) is 1. The first kappa shape index (κ1) is 16.7. The molecule has 0 aliphatic rings.